The van der Waals surface area contributed by atoms with Crippen molar-refractivity contribution >= 4 is 15.9 Å². The van der Waals surface area contributed by atoms with E-state index in [0.29, 0.717) is 4.47 Å². The van der Waals surface area contributed by atoms with Gasteiger partial charge < -0.3 is 5.32 Å². The number of hydrogen-bond donors (Lipinski definition) is 1. The summed E-state index contributed by atoms with van der Waals surface area (Å²) in [6, 6.07) is 7.37. The van der Waals surface area contributed by atoms with E-state index in [1.807, 2.05) is 32.3 Å². The Bertz CT molecular complexity index is 613. The van der Waals surface area contributed by atoms with E-state index in [-0.39, 0.29) is 11.9 Å². The van der Waals surface area contributed by atoms with Gasteiger partial charge in [0.05, 0.1) is 16.2 Å². The smallest absolute Gasteiger partial charge is 0.137 e. The van der Waals surface area contributed by atoms with Crippen molar-refractivity contribution in [3.63, 3.8) is 0 Å². The Morgan fingerprint density at radius 3 is 2.65 bits per heavy atom. The summed E-state index contributed by atoms with van der Waals surface area (Å²) in [6.07, 6.45) is 2.65. The van der Waals surface area contributed by atoms with Crippen LogP contribution in [0.4, 0.5) is 4.39 Å². The van der Waals surface area contributed by atoms with Crippen LogP contribution in [-0.2, 0) is 6.42 Å². The van der Waals surface area contributed by atoms with Crippen LogP contribution < -0.4 is 5.32 Å². The minimum absolute atomic E-state index is 0.118. The number of pyridine rings is 1. The molecule has 0 saturated carbocycles. The van der Waals surface area contributed by atoms with Crippen LogP contribution >= 0.6 is 15.9 Å². The fraction of sp³-hybridized carbons (Fsp3) is 0.312. The second kappa shape index (κ2) is 6.46. The summed E-state index contributed by atoms with van der Waals surface area (Å²) in [4.78, 5) is 4.54. The van der Waals surface area contributed by atoms with Gasteiger partial charge in [-0.2, -0.15) is 0 Å². The van der Waals surface area contributed by atoms with Gasteiger partial charge in [-0.25, -0.2) is 4.39 Å². The van der Waals surface area contributed by atoms with Crippen molar-refractivity contribution in [2.45, 2.75) is 26.3 Å². The maximum Gasteiger partial charge on any atom is 0.137 e. The fourth-order valence-corrected chi connectivity index (χ4v) is 2.75. The summed E-state index contributed by atoms with van der Waals surface area (Å²) in [7, 11) is 1.92. The molecule has 1 atom stereocenters. The average molecular weight is 337 g/mol. The lowest BCUT2D eigenvalue weighted by Crippen LogP contribution is -2.21. The molecule has 106 valence electrons. The molecule has 1 aromatic carbocycles. The molecule has 2 rings (SSSR count). The number of aryl methyl sites for hydroxylation is 2. The predicted octanol–water partition coefficient (Wildman–Crippen LogP) is 4.10. The van der Waals surface area contributed by atoms with Crippen LogP contribution in [0, 0.1) is 19.7 Å². The van der Waals surface area contributed by atoms with Gasteiger partial charge in [-0.1, -0.05) is 12.1 Å². The van der Waals surface area contributed by atoms with Gasteiger partial charge in [-0.15, -0.1) is 0 Å². The van der Waals surface area contributed by atoms with Gasteiger partial charge in [0.25, 0.3) is 0 Å². The molecule has 1 unspecified atom stereocenters. The first-order valence-corrected chi connectivity index (χ1v) is 7.35. The van der Waals surface area contributed by atoms with Crippen LogP contribution in [0.5, 0.6) is 0 Å². The standard InChI is InChI=1S/C16H18BrFN2/c1-10-6-11(2)16(20-9-10)15(19-3)8-12-4-5-14(18)13(17)7-12/h4-7,9,15,19H,8H2,1-3H3. The molecule has 4 heteroatoms. The zero-order chi connectivity index (χ0) is 14.7. The number of rotatable bonds is 4. The van der Waals surface area contributed by atoms with Crippen LogP contribution in [0.1, 0.15) is 28.4 Å². The van der Waals surface area contributed by atoms with Gasteiger partial charge in [0, 0.05) is 6.20 Å². The minimum atomic E-state index is -0.237. The zero-order valence-corrected chi connectivity index (χ0v) is 13.5. The number of benzene rings is 1. The molecular weight excluding hydrogens is 319 g/mol. The van der Waals surface area contributed by atoms with Gasteiger partial charge >= 0.3 is 0 Å². The second-order valence-corrected chi connectivity index (χ2v) is 5.86. The molecule has 1 aromatic heterocycles. The molecule has 0 amide bonds. The van der Waals surface area contributed by atoms with E-state index in [1.54, 1.807) is 0 Å². The molecule has 1 N–H and O–H groups in total. The largest absolute Gasteiger partial charge is 0.311 e. The summed E-state index contributed by atoms with van der Waals surface area (Å²) in [5.41, 5.74) is 4.44. The Balaban J connectivity index is 2.26. The molecule has 0 spiro atoms. The number of nitrogens with zero attached hydrogens (tertiary/aromatic N) is 1. The average Bonchev–Trinajstić information content (AvgIpc) is 2.41. The number of likely N-dealkylation sites (N-methyl/N-ethyl adjacent to an activating group) is 1. The molecule has 0 fully saturated rings. The van der Waals surface area contributed by atoms with E-state index in [4.69, 9.17) is 0 Å². The zero-order valence-electron chi connectivity index (χ0n) is 11.9. The van der Waals surface area contributed by atoms with Gasteiger partial charge in [0.2, 0.25) is 0 Å². The van der Waals surface area contributed by atoms with Crippen molar-refractivity contribution in [3.8, 4) is 0 Å². The molecule has 20 heavy (non-hydrogen) atoms. The van der Waals surface area contributed by atoms with Crippen LogP contribution in [0.3, 0.4) is 0 Å². The van der Waals surface area contributed by atoms with Crippen LogP contribution in [-0.4, -0.2) is 12.0 Å². The lowest BCUT2D eigenvalue weighted by molar-refractivity contribution is 0.569. The first-order valence-electron chi connectivity index (χ1n) is 6.55. The number of hydrogen-bond acceptors (Lipinski definition) is 2. The molecule has 2 aromatic rings. The highest BCUT2D eigenvalue weighted by atomic mass is 79.9. The Morgan fingerprint density at radius 1 is 1.30 bits per heavy atom. The van der Waals surface area contributed by atoms with Crippen LogP contribution in [0.25, 0.3) is 0 Å². The number of aromatic nitrogens is 1. The molecule has 0 aliphatic carbocycles. The highest BCUT2D eigenvalue weighted by Gasteiger charge is 2.15. The fourth-order valence-electron chi connectivity index (χ4n) is 2.33. The molecule has 0 aliphatic rings. The Kier molecular flexibility index (Phi) is 4.89. The van der Waals surface area contributed by atoms with E-state index in [0.717, 1.165) is 23.2 Å². The molecule has 0 aliphatic heterocycles. The maximum atomic E-state index is 13.3. The van der Waals surface area contributed by atoms with E-state index in [9.17, 15) is 4.39 Å². The summed E-state index contributed by atoms with van der Waals surface area (Å²) < 4.78 is 13.8. The van der Waals surface area contributed by atoms with Gasteiger partial charge in [0.15, 0.2) is 0 Å². The van der Waals surface area contributed by atoms with Crippen LogP contribution in [0.2, 0.25) is 0 Å². The summed E-state index contributed by atoms with van der Waals surface area (Å²) >= 11 is 3.23. The number of halogens is 2. The van der Waals surface area contributed by atoms with E-state index in [2.05, 4.69) is 39.2 Å². The number of nitrogens with one attached hydrogen (secondary N) is 1. The van der Waals surface area contributed by atoms with E-state index in [1.165, 1.54) is 11.6 Å². The Morgan fingerprint density at radius 2 is 2.05 bits per heavy atom. The second-order valence-electron chi connectivity index (χ2n) is 5.01. The minimum Gasteiger partial charge on any atom is -0.311 e. The molecule has 2 nitrogen and oxygen atoms in total. The first-order chi connectivity index (χ1) is 9.51. The quantitative estimate of drug-likeness (QED) is 0.908. The lowest BCUT2D eigenvalue weighted by atomic mass is 9.99. The maximum absolute atomic E-state index is 13.3. The lowest BCUT2D eigenvalue weighted by Gasteiger charge is -2.18. The SMILES string of the molecule is CNC(Cc1ccc(F)c(Br)c1)c1ncc(C)cc1C. The van der Waals surface area contributed by atoms with Gasteiger partial charge in [-0.3, -0.25) is 4.98 Å². The van der Waals surface area contributed by atoms with Crippen molar-refractivity contribution in [2.24, 2.45) is 0 Å². The Hall–Kier alpha value is -1.26. The summed E-state index contributed by atoms with van der Waals surface area (Å²) in [5.74, 6) is -0.237. The summed E-state index contributed by atoms with van der Waals surface area (Å²) in [5, 5.41) is 3.29. The van der Waals surface area contributed by atoms with Gasteiger partial charge in [0.1, 0.15) is 5.82 Å². The third-order valence-electron chi connectivity index (χ3n) is 3.36. The summed E-state index contributed by atoms with van der Waals surface area (Å²) in [6.45, 7) is 4.11. The van der Waals surface area contributed by atoms with E-state index >= 15 is 0 Å². The molecule has 0 bridgehead atoms. The van der Waals surface area contributed by atoms with Crippen molar-refractivity contribution in [3.05, 3.63) is 63.1 Å². The van der Waals surface area contributed by atoms with E-state index < -0.39 is 0 Å². The normalized spacial score (nSPS) is 12.4. The highest BCUT2D eigenvalue weighted by molar-refractivity contribution is 9.10. The van der Waals surface area contributed by atoms with Gasteiger partial charge in [-0.05, 0) is 72.1 Å². The predicted molar refractivity (Wildman–Crippen MR) is 83.3 cm³/mol. The van der Waals surface area contributed by atoms with Crippen molar-refractivity contribution in [2.75, 3.05) is 7.05 Å². The molecule has 0 radical (unpaired) electrons. The topological polar surface area (TPSA) is 24.9 Å². The monoisotopic (exact) mass is 336 g/mol. The van der Waals surface area contributed by atoms with Crippen molar-refractivity contribution < 1.29 is 4.39 Å². The Labute approximate surface area is 127 Å². The highest BCUT2D eigenvalue weighted by Crippen LogP contribution is 2.23. The molecule has 0 saturated heterocycles. The van der Waals surface area contributed by atoms with Crippen molar-refractivity contribution in [1.82, 2.24) is 10.3 Å². The molecule has 1 heterocycles. The van der Waals surface area contributed by atoms with Crippen molar-refractivity contribution in [1.29, 1.82) is 0 Å². The third-order valence-corrected chi connectivity index (χ3v) is 3.97. The first kappa shape index (κ1) is 15.1. The molecular formula is C16H18BrFN2. The van der Waals surface area contributed by atoms with Crippen LogP contribution in [0.15, 0.2) is 34.9 Å². The third kappa shape index (κ3) is 3.44.